The smallest absolute Gasteiger partial charge is 0.104 e. The molecule has 2 nitrogen and oxygen atoms in total. The molecular formula is C5H6ClNOS. The average molecular weight is 164 g/mol. The molecule has 0 aliphatic heterocycles. The SMILES string of the molecule is NOCc1sccc1Cl. The predicted molar refractivity (Wildman–Crippen MR) is 38.3 cm³/mol. The van der Waals surface area contributed by atoms with Crippen molar-refractivity contribution in [3.63, 3.8) is 0 Å². The van der Waals surface area contributed by atoms with Crippen molar-refractivity contribution in [2.45, 2.75) is 6.61 Å². The second-order valence-corrected chi connectivity index (χ2v) is 2.91. The van der Waals surface area contributed by atoms with E-state index in [0.29, 0.717) is 6.61 Å². The van der Waals surface area contributed by atoms with Gasteiger partial charge in [-0.1, -0.05) is 11.6 Å². The van der Waals surface area contributed by atoms with E-state index in [0.717, 1.165) is 9.90 Å². The molecule has 4 heteroatoms. The van der Waals surface area contributed by atoms with E-state index >= 15 is 0 Å². The minimum absolute atomic E-state index is 0.399. The molecule has 0 saturated heterocycles. The Labute approximate surface area is 62.1 Å². The lowest BCUT2D eigenvalue weighted by atomic mass is 10.5. The van der Waals surface area contributed by atoms with Gasteiger partial charge in [-0.15, -0.1) is 11.3 Å². The Hall–Kier alpha value is -0.0900. The Morgan fingerprint density at radius 1 is 1.78 bits per heavy atom. The molecule has 0 radical (unpaired) electrons. The predicted octanol–water partition coefficient (Wildman–Crippen LogP) is 1.79. The van der Waals surface area contributed by atoms with Gasteiger partial charge in [0.2, 0.25) is 0 Å². The van der Waals surface area contributed by atoms with E-state index in [-0.39, 0.29) is 0 Å². The summed E-state index contributed by atoms with van der Waals surface area (Å²) in [6.45, 7) is 0.399. The second kappa shape index (κ2) is 3.17. The number of halogens is 1. The van der Waals surface area contributed by atoms with E-state index in [1.54, 1.807) is 0 Å². The number of rotatable bonds is 2. The van der Waals surface area contributed by atoms with Gasteiger partial charge in [0, 0.05) is 0 Å². The van der Waals surface area contributed by atoms with Crippen molar-refractivity contribution in [2.24, 2.45) is 5.90 Å². The summed E-state index contributed by atoms with van der Waals surface area (Å²) in [5, 5.41) is 2.63. The zero-order valence-corrected chi connectivity index (χ0v) is 6.21. The molecule has 0 aliphatic rings. The monoisotopic (exact) mass is 163 g/mol. The summed E-state index contributed by atoms with van der Waals surface area (Å²) < 4.78 is 0. The maximum atomic E-state index is 5.69. The molecule has 0 aromatic carbocycles. The molecule has 0 bridgehead atoms. The fourth-order valence-corrected chi connectivity index (χ4v) is 1.51. The minimum Gasteiger partial charge on any atom is -0.299 e. The van der Waals surface area contributed by atoms with Crippen LogP contribution in [0.1, 0.15) is 4.88 Å². The number of hydrogen-bond acceptors (Lipinski definition) is 3. The number of nitrogens with two attached hydrogens (primary N) is 1. The lowest BCUT2D eigenvalue weighted by Crippen LogP contribution is -1.96. The van der Waals surface area contributed by atoms with Gasteiger partial charge in [0.1, 0.15) is 6.61 Å². The van der Waals surface area contributed by atoms with Crippen molar-refractivity contribution >= 4 is 22.9 Å². The quantitative estimate of drug-likeness (QED) is 0.675. The fraction of sp³-hybridized carbons (Fsp3) is 0.200. The molecule has 50 valence electrons. The Kier molecular flexibility index (Phi) is 2.48. The highest BCUT2D eigenvalue weighted by Crippen LogP contribution is 2.21. The zero-order valence-electron chi connectivity index (χ0n) is 4.63. The molecule has 0 spiro atoms. The Morgan fingerprint density at radius 2 is 2.56 bits per heavy atom. The molecule has 2 N–H and O–H groups in total. The van der Waals surface area contributed by atoms with E-state index in [2.05, 4.69) is 4.84 Å². The molecule has 0 aliphatic carbocycles. The van der Waals surface area contributed by atoms with Crippen LogP contribution in [0, 0.1) is 0 Å². The lowest BCUT2D eigenvalue weighted by molar-refractivity contribution is 0.126. The van der Waals surface area contributed by atoms with Crippen LogP contribution in [0.4, 0.5) is 0 Å². The van der Waals surface area contributed by atoms with Crippen LogP contribution in [0.3, 0.4) is 0 Å². The van der Waals surface area contributed by atoms with Crippen LogP contribution >= 0.6 is 22.9 Å². The number of hydrogen-bond donors (Lipinski definition) is 1. The zero-order chi connectivity index (χ0) is 6.69. The van der Waals surface area contributed by atoms with Crippen LogP contribution in [0.25, 0.3) is 0 Å². The van der Waals surface area contributed by atoms with Gasteiger partial charge in [0.05, 0.1) is 9.90 Å². The highest BCUT2D eigenvalue weighted by molar-refractivity contribution is 7.10. The Balaban J connectivity index is 2.69. The van der Waals surface area contributed by atoms with Gasteiger partial charge in [0.15, 0.2) is 0 Å². The summed E-state index contributed by atoms with van der Waals surface area (Å²) in [5.74, 6) is 4.84. The fourth-order valence-electron chi connectivity index (χ4n) is 0.504. The molecule has 1 rings (SSSR count). The van der Waals surface area contributed by atoms with Gasteiger partial charge in [-0.3, -0.25) is 4.84 Å². The standard InChI is InChI=1S/C5H6ClNOS/c6-4-1-2-9-5(4)3-8-7/h1-2H,3,7H2. The van der Waals surface area contributed by atoms with Crippen molar-refractivity contribution in [3.8, 4) is 0 Å². The molecular weight excluding hydrogens is 158 g/mol. The van der Waals surface area contributed by atoms with Crippen LogP contribution < -0.4 is 5.90 Å². The first-order chi connectivity index (χ1) is 4.34. The molecule has 1 aromatic rings. The van der Waals surface area contributed by atoms with E-state index in [9.17, 15) is 0 Å². The van der Waals surface area contributed by atoms with E-state index < -0.39 is 0 Å². The highest BCUT2D eigenvalue weighted by Gasteiger charge is 1.98. The summed E-state index contributed by atoms with van der Waals surface area (Å²) in [6.07, 6.45) is 0. The van der Waals surface area contributed by atoms with E-state index in [1.807, 2.05) is 11.4 Å². The highest BCUT2D eigenvalue weighted by atomic mass is 35.5. The maximum Gasteiger partial charge on any atom is 0.104 e. The third-order valence-corrected chi connectivity index (χ3v) is 2.27. The summed E-state index contributed by atoms with van der Waals surface area (Å²) in [6, 6.07) is 1.82. The van der Waals surface area contributed by atoms with Crippen molar-refractivity contribution < 1.29 is 4.84 Å². The molecule has 1 heterocycles. The van der Waals surface area contributed by atoms with Gasteiger partial charge < -0.3 is 0 Å². The first-order valence-corrected chi connectivity index (χ1v) is 3.64. The molecule has 0 saturated carbocycles. The van der Waals surface area contributed by atoms with Gasteiger partial charge in [-0.25, -0.2) is 5.90 Å². The average Bonchev–Trinajstić information content (AvgIpc) is 2.18. The van der Waals surface area contributed by atoms with E-state index in [4.69, 9.17) is 17.5 Å². The van der Waals surface area contributed by atoms with Crippen LogP contribution in [0.2, 0.25) is 5.02 Å². The summed E-state index contributed by atoms with van der Waals surface area (Å²) in [7, 11) is 0. The van der Waals surface area contributed by atoms with Crippen molar-refractivity contribution in [3.05, 3.63) is 21.3 Å². The molecule has 0 atom stereocenters. The van der Waals surface area contributed by atoms with Gasteiger partial charge in [0.25, 0.3) is 0 Å². The molecule has 0 amide bonds. The summed E-state index contributed by atoms with van der Waals surface area (Å²) >= 11 is 7.23. The summed E-state index contributed by atoms with van der Waals surface area (Å²) in [4.78, 5) is 5.36. The van der Waals surface area contributed by atoms with Crippen molar-refractivity contribution in [1.82, 2.24) is 0 Å². The normalized spacial score (nSPS) is 10.0. The van der Waals surface area contributed by atoms with Crippen molar-refractivity contribution in [2.75, 3.05) is 0 Å². The molecule has 0 fully saturated rings. The van der Waals surface area contributed by atoms with Crippen LogP contribution in [-0.4, -0.2) is 0 Å². The van der Waals surface area contributed by atoms with Crippen LogP contribution in [-0.2, 0) is 11.4 Å². The lowest BCUT2D eigenvalue weighted by Gasteiger charge is -1.91. The molecule has 0 unspecified atom stereocenters. The van der Waals surface area contributed by atoms with E-state index in [1.165, 1.54) is 11.3 Å². The maximum absolute atomic E-state index is 5.69. The topological polar surface area (TPSA) is 35.2 Å². The van der Waals surface area contributed by atoms with Gasteiger partial charge in [-0.05, 0) is 11.4 Å². The van der Waals surface area contributed by atoms with Crippen LogP contribution in [0.15, 0.2) is 11.4 Å². The molecule has 1 aromatic heterocycles. The third kappa shape index (κ3) is 1.66. The first-order valence-electron chi connectivity index (χ1n) is 2.38. The minimum atomic E-state index is 0.399. The third-order valence-electron chi connectivity index (χ3n) is 0.905. The first kappa shape index (κ1) is 7.02. The van der Waals surface area contributed by atoms with Crippen LogP contribution in [0.5, 0.6) is 0 Å². The summed E-state index contributed by atoms with van der Waals surface area (Å²) in [5.41, 5.74) is 0. The largest absolute Gasteiger partial charge is 0.299 e. The van der Waals surface area contributed by atoms with Gasteiger partial charge in [-0.2, -0.15) is 0 Å². The second-order valence-electron chi connectivity index (χ2n) is 1.50. The number of thiophene rings is 1. The van der Waals surface area contributed by atoms with Crippen molar-refractivity contribution in [1.29, 1.82) is 0 Å². The Morgan fingerprint density at radius 3 is 3.00 bits per heavy atom. The molecule has 9 heavy (non-hydrogen) atoms. The Bertz CT molecular complexity index is 189. The van der Waals surface area contributed by atoms with Gasteiger partial charge >= 0.3 is 0 Å².